The summed E-state index contributed by atoms with van der Waals surface area (Å²) < 4.78 is 20.9. The number of amides is 1. The zero-order valence-corrected chi connectivity index (χ0v) is 14.1. The van der Waals surface area contributed by atoms with Crippen LogP contribution < -0.4 is 0 Å². The summed E-state index contributed by atoms with van der Waals surface area (Å²) in [4.78, 5) is 17.1. The van der Waals surface area contributed by atoms with Gasteiger partial charge in [0.05, 0.1) is 11.8 Å². The Morgan fingerprint density at radius 3 is 2.72 bits per heavy atom. The molecule has 130 valence electrons. The number of fused-ring (bicyclic) bond motifs is 1. The minimum Gasteiger partial charge on any atom is -0.463 e. The van der Waals surface area contributed by atoms with Crippen molar-refractivity contribution in [3.8, 4) is 0 Å². The minimum atomic E-state index is -0.278. The van der Waals surface area contributed by atoms with Crippen molar-refractivity contribution in [1.29, 1.82) is 0 Å². The molecule has 4 rings (SSSR count). The number of carbonyl (C=O) groups excluding carboxylic acids is 1. The fraction of sp³-hybridized carbons (Fsp3) is 0.316. The Morgan fingerprint density at radius 1 is 1.16 bits per heavy atom. The quantitative estimate of drug-likeness (QED) is 0.736. The highest BCUT2D eigenvalue weighted by atomic mass is 19.1. The van der Waals surface area contributed by atoms with Gasteiger partial charge in [0.25, 0.3) is 5.91 Å². The Morgan fingerprint density at radius 2 is 1.96 bits per heavy atom. The molecule has 0 N–H and O–H groups in total. The van der Waals surface area contributed by atoms with E-state index in [0.717, 1.165) is 24.2 Å². The first kappa shape index (κ1) is 15.9. The molecule has 6 heteroatoms. The number of hydrogen-bond acceptors (Lipinski definition) is 3. The maximum atomic E-state index is 13.5. The fourth-order valence-electron chi connectivity index (χ4n) is 3.31. The first-order valence-corrected chi connectivity index (χ1v) is 8.41. The molecule has 0 saturated carbocycles. The largest absolute Gasteiger partial charge is 0.463 e. The molecule has 0 aliphatic carbocycles. The summed E-state index contributed by atoms with van der Waals surface area (Å²) in [6.45, 7) is 3.58. The number of carbonyl (C=O) groups is 1. The number of aromatic nitrogens is 1. The van der Waals surface area contributed by atoms with Crippen LogP contribution in [0, 0.1) is 5.82 Å². The van der Waals surface area contributed by atoms with Gasteiger partial charge < -0.3 is 18.8 Å². The average Bonchev–Trinajstić information content (AvgIpc) is 3.18. The van der Waals surface area contributed by atoms with Gasteiger partial charge in [-0.1, -0.05) is 12.1 Å². The Balaban J connectivity index is 1.69. The number of rotatable bonds is 3. The smallest absolute Gasteiger partial charge is 0.270 e. The van der Waals surface area contributed by atoms with Gasteiger partial charge in [-0.25, -0.2) is 4.39 Å². The standard InChI is InChI=1S/C19H20FN3O2/c1-21-6-8-22(9-7-21)19(24)17-12-18-16(5-10-25-18)23(17)13-14-3-2-4-15(20)11-14/h2-5,10-12H,6-9,13H2,1H3. The molecule has 1 aromatic carbocycles. The van der Waals surface area contributed by atoms with E-state index in [2.05, 4.69) is 11.9 Å². The van der Waals surface area contributed by atoms with Crippen LogP contribution in [0.5, 0.6) is 0 Å². The molecule has 0 bridgehead atoms. The third-order valence-electron chi connectivity index (χ3n) is 4.76. The predicted molar refractivity (Wildman–Crippen MR) is 93.1 cm³/mol. The summed E-state index contributed by atoms with van der Waals surface area (Å²) in [6, 6.07) is 10.1. The van der Waals surface area contributed by atoms with Crippen molar-refractivity contribution in [2.45, 2.75) is 6.54 Å². The van der Waals surface area contributed by atoms with Crippen LogP contribution >= 0.6 is 0 Å². The number of likely N-dealkylation sites (N-methyl/N-ethyl adjacent to an activating group) is 1. The van der Waals surface area contributed by atoms with Crippen LogP contribution in [0.15, 0.2) is 47.1 Å². The van der Waals surface area contributed by atoms with Crippen molar-refractivity contribution in [3.63, 3.8) is 0 Å². The van der Waals surface area contributed by atoms with Crippen LogP contribution in [0.3, 0.4) is 0 Å². The number of piperazine rings is 1. The lowest BCUT2D eigenvalue weighted by Crippen LogP contribution is -2.47. The van der Waals surface area contributed by atoms with Crippen LogP contribution in [0.4, 0.5) is 4.39 Å². The molecular formula is C19H20FN3O2. The van der Waals surface area contributed by atoms with Crippen molar-refractivity contribution in [2.75, 3.05) is 33.2 Å². The molecule has 3 aromatic rings. The summed E-state index contributed by atoms with van der Waals surface area (Å²) >= 11 is 0. The molecule has 0 spiro atoms. The predicted octanol–water partition coefficient (Wildman–Crippen LogP) is 2.81. The minimum absolute atomic E-state index is 0.00379. The summed E-state index contributed by atoms with van der Waals surface area (Å²) in [5.41, 5.74) is 2.92. The van der Waals surface area contributed by atoms with Crippen LogP contribution in [0.2, 0.25) is 0 Å². The fourth-order valence-corrected chi connectivity index (χ4v) is 3.31. The summed E-state index contributed by atoms with van der Waals surface area (Å²) in [6.07, 6.45) is 1.61. The first-order chi connectivity index (χ1) is 12.1. The molecule has 0 atom stereocenters. The maximum absolute atomic E-state index is 13.5. The van der Waals surface area contributed by atoms with Gasteiger partial charge in [-0.15, -0.1) is 0 Å². The monoisotopic (exact) mass is 341 g/mol. The van der Waals surface area contributed by atoms with Crippen molar-refractivity contribution in [2.24, 2.45) is 0 Å². The lowest BCUT2D eigenvalue weighted by Gasteiger charge is -2.32. The van der Waals surface area contributed by atoms with Gasteiger partial charge in [0.1, 0.15) is 11.5 Å². The van der Waals surface area contributed by atoms with Crippen molar-refractivity contribution in [3.05, 3.63) is 59.7 Å². The highest BCUT2D eigenvalue weighted by Crippen LogP contribution is 2.24. The number of benzene rings is 1. The third kappa shape index (κ3) is 3.05. The zero-order valence-electron chi connectivity index (χ0n) is 14.1. The number of hydrogen-bond donors (Lipinski definition) is 0. The van der Waals surface area contributed by atoms with E-state index >= 15 is 0 Å². The van der Waals surface area contributed by atoms with E-state index < -0.39 is 0 Å². The summed E-state index contributed by atoms with van der Waals surface area (Å²) in [7, 11) is 2.06. The SMILES string of the molecule is CN1CCN(C(=O)c2cc3occc3n2Cc2cccc(F)c2)CC1. The van der Waals surface area contributed by atoms with E-state index in [1.165, 1.54) is 12.1 Å². The summed E-state index contributed by atoms with van der Waals surface area (Å²) in [5, 5.41) is 0. The first-order valence-electron chi connectivity index (χ1n) is 8.41. The van der Waals surface area contributed by atoms with Crippen molar-refractivity contribution < 1.29 is 13.6 Å². The second-order valence-electron chi connectivity index (χ2n) is 6.51. The van der Waals surface area contributed by atoms with E-state index in [0.29, 0.717) is 30.9 Å². The zero-order chi connectivity index (χ0) is 17.4. The molecule has 1 amide bonds. The maximum Gasteiger partial charge on any atom is 0.270 e. The average molecular weight is 341 g/mol. The molecule has 1 aliphatic heterocycles. The lowest BCUT2D eigenvalue weighted by atomic mass is 10.2. The normalized spacial score (nSPS) is 15.8. The molecule has 1 aliphatic rings. The molecule has 2 aromatic heterocycles. The van der Waals surface area contributed by atoms with Gasteiger partial charge in [-0.2, -0.15) is 0 Å². The summed E-state index contributed by atoms with van der Waals surface area (Å²) in [5.74, 6) is -0.282. The van der Waals surface area contributed by atoms with Crippen LogP contribution in [0.1, 0.15) is 16.1 Å². The number of furan rings is 1. The van der Waals surface area contributed by atoms with E-state index in [-0.39, 0.29) is 11.7 Å². The highest BCUT2D eigenvalue weighted by molar-refractivity contribution is 5.97. The van der Waals surface area contributed by atoms with Crippen molar-refractivity contribution in [1.82, 2.24) is 14.4 Å². The molecule has 5 nitrogen and oxygen atoms in total. The second kappa shape index (κ2) is 6.37. The van der Waals surface area contributed by atoms with Gasteiger partial charge in [0.2, 0.25) is 0 Å². The van der Waals surface area contributed by atoms with Crippen LogP contribution in [0.25, 0.3) is 11.1 Å². The third-order valence-corrected chi connectivity index (χ3v) is 4.76. The van der Waals surface area contributed by atoms with Crippen LogP contribution in [-0.4, -0.2) is 53.5 Å². The Bertz CT molecular complexity index is 906. The van der Waals surface area contributed by atoms with Gasteiger partial charge in [-0.05, 0) is 24.7 Å². The Hall–Kier alpha value is -2.60. The molecular weight excluding hydrogens is 321 g/mol. The van der Waals surface area contributed by atoms with Crippen molar-refractivity contribution >= 4 is 17.0 Å². The van der Waals surface area contributed by atoms with E-state index in [9.17, 15) is 9.18 Å². The Kier molecular flexibility index (Phi) is 4.05. The molecule has 0 radical (unpaired) electrons. The molecule has 1 fully saturated rings. The molecule has 1 saturated heterocycles. The van der Waals surface area contributed by atoms with Gasteiger partial charge >= 0.3 is 0 Å². The molecule has 3 heterocycles. The number of nitrogens with zero attached hydrogens (tertiary/aromatic N) is 3. The highest BCUT2D eigenvalue weighted by Gasteiger charge is 2.25. The van der Waals surface area contributed by atoms with Gasteiger partial charge in [0, 0.05) is 44.9 Å². The second-order valence-corrected chi connectivity index (χ2v) is 6.51. The van der Waals surface area contributed by atoms with E-state index in [4.69, 9.17) is 4.42 Å². The van der Waals surface area contributed by atoms with Gasteiger partial charge in [0.15, 0.2) is 5.58 Å². The molecule has 25 heavy (non-hydrogen) atoms. The lowest BCUT2D eigenvalue weighted by molar-refractivity contribution is 0.0654. The molecule has 0 unspecified atom stereocenters. The number of halogens is 1. The van der Waals surface area contributed by atoms with Gasteiger partial charge in [-0.3, -0.25) is 4.79 Å². The Labute approximate surface area is 145 Å². The van der Waals surface area contributed by atoms with E-state index in [1.54, 1.807) is 18.4 Å². The van der Waals surface area contributed by atoms with E-state index in [1.807, 2.05) is 21.6 Å². The topological polar surface area (TPSA) is 41.6 Å². The van der Waals surface area contributed by atoms with Crippen LogP contribution in [-0.2, 0) is 6.54 Å².